The van der Waals surface area contributed by atoms with Gasteiger partial charge in [0.25, 0.3) is 5.91 Å². The molecular formula is C14H19ClN2O4S. The molecule has 1 aliphatic heterocycles. The highest BCUT2D eigenvalue weighted by molar-refractivity contribution is 7.88. The van der Waals surface area contributed by atoms with Gasteiger partial charge in [0.1, 0.15) is 5.75 Å². The lowest BCUT2D eigenvalue weighted by atomic mass is 9.98. The number of nitrogens with one attached hydrogen (secondary N) is 1. The normalized spacial score (nSPS) is 17.4. The minimum atomic E-state index is -3.14. The molecule has 1 aliphatic rings. The van der Waals surface area contributed by atoms with Gasteiger partial charge in [0.2, 0.25) is 10.0 Å². The van der Waals surface area contributed by atoms with Crippen molar-refractivity contribution in [1.82, 2.24) is 9.62 Å². The SMILES string of the molecule is CS(=O)(=O)N1CCC(CNC(=O)c2cc(Cl)ccc2O)CC1. The number of hydrogen-bond donors (Lipinski definition) is 2. The summed E-state index contributed by atoms with van der Waals surface area (Å²) >= 11 is 5.81. The molecule has 1 aromatic carbocycles. The quantitative estimate of drug-likeness (QED) is 0.863. The number of phenolic OH excluding ortho intramolecular Hbond substituents is 1. The van der Waals surface area contributed by atoms with E-state index in [0.717, 1.165) is 0 Å². The number of nitrogens with zero attached hydrogens (tertiary/aromatic N) is 1. The number of halogens is 1. The fourth-order valence-electron chi connectivity index (χ4n) is 2.47. The van der Waals surface area contributed by atoms with Gasteiger partial charge < -0.3 is 10.4 Å². The minimum Gasteiger partial charge on any atom is -0.507 e. The van der Waals surface area contributed by atoms with Crippen LogP contribution in [-0.4, -0.2) is 49.6 Å². The molecule has 1 fully saturated rings. The van der Waals surface area contributed by atoms with Crippen LogP contribution in [0, 0.1) is 5.92 Å². The van der Waals surface area contributed by atoms with Crippen LogP contribution in [0.15, 0.2) is 18.2 Å². The van der Waals surface area contributed by atoms with Crippen LogP contribution < -0.4 is 5.32 Å². The fraction of sp³-hybridized carbons (Fsp3) is 0.500. The van der Waals surface area contributed by atoms with Crippen LogP contribution in [0.1, 0.15) is 23.2 Å². The van der Waals surface area contributed by atoms with Crippen molar-refractivity contribution >= 4 is 27.5 Å². The van der Waals surface area contributed by atoms with Crippen molar-refractivity contribution < 1.29 is 18.3 Å². The van der Waals surface area contributed by atoms with Gasteiger partial charge in [0.15, 0.2) is 0 Å². The first-order valence-corrected chi connectivity index (χ1v) is 9.22. The van der Waals surface area contributed by atoms with E-state index < -0.39 is 10.0 Å². The third kappa shape index (κ3) is 4.34. The van der Waals surface area contributed by atoms with E-state index in [1.807, 2.05) is 0 Å². The van der Waals surface area contributed by atoms with E-state index in [-0.39, 0.29) is 23.1 Å². The fourth-order valence-corrected chi connectivity index (χ4v) is 3.51. The Morgan fingerprint density at radius 1 is 1.41 bits per heavy atom. The van der Waals surface area contributed by atoms with Gasteiger partial charge in [0, 0.05) is 24.7 Å². The molecule has 122 valence electrons. The Bertz CT molecular complexity index is 655. The number of rotatable bonds is 4. The molecule has 6 nitrogen and oxygen atoms in total. The van der Waals surface area contributed by atoms with Gasteiger partial charge in [0.05, 0.1) is 11.8 Å². The summed E-state index contributed by atoms with van der Waals surface area (Å²) in [5, 5.41) is 12.8. The van der Waals surface area contributed by atoms with Gasteiger partial charge in [-0.15, -0.1) is 0 Å². The standard InChI is InChI=1S/C14H19ClN2O4S/c1-22(20,21)17-6-4-10(5-7-17)9-16-14(19)12-8-11(15)2-3-13(12)18/h2-3,8,10,18H,4-7,9H2,1H3,(H,16,19). The van der Waals surface area contributed by atoms with Gasteiger partial charge in [-0.1, -0.05) is 11.6 Å². The van der Waals surface area contributed by atoms with Crippen molar-refractivity contribution in [3.8, 4) is 5.75 Å². The van der Waals surface area contributed by atoms with Crippen molar-refractivity contribution in [2.75, 3.05) is 25.9 Å². The first-order chi connectivity index (χ1) is 10.3. The highest BCUT2D eigenvalue weighted by atomic mass is 35.5. The highest BCUT2D eigenvalue weighted by Gasteiger charge is 2.25. The number of sulfonamides is 1. The molecule has 1 amide bonds. The van der Waals surface area contributed by atoms with Crippen LogP contribution in [0.2, 0.25) is 5.02 Å². The third-order valence-corrected chi connectivity index (χ3v) is 5.34. The molecule has 0 saturated carbocycles. The molecule has 0 spiro atoms. The van der Waals surface area contributed by atoms with Gasteiger partial charge in [-0.3, -0.25) is 4.79 Å². The summed E-state index contributed by atoms with van der Waals surface area (Å²) < 4.78 is 24.3. The molecule has 1 saturated heterocycles. The van der Waals surface area contributed by atoms with E-state index >= 15 is 0 Å². The molecule has 0 atom stereocenters. The molecule has 0 unspecified atom stereocenters. The molecule has 0 aromatic heterocycles. The topological polar surface area (TPSA) is 86.7 Å². The molecular weight excluding hydrogens is 328 g/mol. The third-order valence-electron chi connectivity index (χ3n) is 3.80. The van der Waals surface area contributed by atoms with E-state index in [1.165, 1.54) is 28.8 Å². The van der Waals surface area contributed by atoms with E-state index in [2.05, 4.69) is 5.32 Å². The van der Waals surface area contributed by atoms with Crippen LogP contribution >= 0.6 is 11.6 Å². The summed E-state index contributed by atoms with van der Waals surface area (Å²) in [6.07, 6.45) is 2.61. The molecule has 2 rings (SSSR count). The maximum atomic E-state index is 12.0. The molecule has 0 aliphatic carbocycles. The average molecular weight is 347 g/mol. The summed E-state index contributed by atoms with van der Waals surface area (Å²) in [5.74, 6) is -0.275. The second kappa shape index (κ2) is 6.85. The maximum Gasteiger partial charge on any atom is 0.255 e. The Kier molecular flexibility index (Phi) is 5.31. The zero-order valence-electron chi connectivity index (χ0n) is 12.3. The number of phenols is 1. The smallest absolute Gasteiger partial charge is 0.255 e. The van der Waals surface area contributed by atoms with Crippen molar-refractivity contribution in [2.45, 2.75) is 12.8 Å². The van der Waals surface area contributed by atoms with Crippen molar-refractivity contribution in [3.05, 3.63) is 28.8 Å². The van der Waals surface area contributed by atoms with Gasteiger partial charge in [-0.2, -0.15) is 0 Å². The molecule has 0 radical (unpaired) electrons. The predicted octanol–water partition coefficient (Wildman–Crippen LogP) is 1.45. The van der Waals surface area contributed by atoms with Crippen molar-refractivity contribution in [2.24, 2.45) is 5.92 Å². The number of carbonyl (C=O) groups excluding carboxylic acids is 1. The van der Waals surface area contributed by atoms with Gasteiger partial charge in [-0.05, 0) is 37.0 Å². The predicted molar refractivity (Wildman–Crippen MR) is 84.6 cm³/mol. The minimum absolute atomic E-state index is 0.117. The summed E-state index contributed by atoms with van der Waals surface area (Å²) in [7, 11) is -3.14. The Morgan fingerprint density at radius 3 is 2.64 bits per heavy atom. The number of hydrogen-bond acceptors (Lipinski definition) is 4. The molecule has 0 bridgehead atoms. The molecule has 1 aromatic rings. The zero-order valence-corrected chi connectivity index (χ0v) is 13.8. The second-order valence-corrected chi connectivity index (χ2v) is 7.90. The van der Waals surface area contributed by atoms with Crippen LogP contribution in [0.25, 0.3) is 0 Å². The number of amides is 1. The molecule has 22 heavy (non-hydrogen) atoms. The average Bonchev–Trinajstić information content (AvgIpc) is 2.47. The van der Waals surface area contributed by atoms with E-state index in [0.29, 0.717) is 37.5 Å². The zero-order chi connectivity index (χ0) is 16.3. The number of piperidine rings is 1. The monoisotopic (exact) mass is 346 g/mol. The highest BCUT2D eigenvalue weighted by Crippen LogP contribution is 2.22. The Balaban J connectivity index is 1.87. The van der Waals surface area contributed by atoms with Crippen LogP contribution in [0.3, 0.4) is 0 Å². The molecule has 1 heterocycles. The van der Waals surface area contributed by atoms with Crippen molar-refractivity contribution in [1.29, 1.82) is 0 Å². The van der Waals surface area contributed by atoms with Crippen molar-refractivity contribution in [3.63, 3.8) is 0 Å². The summed E-state index contributed by atoms with van der Waals surface area (Å²) in [6.45, 7) is 1.39. The van der Waals surface area contributed by atoms with Gasteiger partial charge >= 0.3 is 0 Å². The number of carbonyl (C=O) groups is 1. The number of benzene rings is 1. The summed E-state index contributed by atoms with van der Waals surface area (Å²) in [4.78, 5) is 12.0. The van der Waals surface area contributed by atoms with E-state index in [4.69, 9.17) is 11.6 Å². The first kappa shape index (κ1) is 17.1. The van der Waals surface area contributed by atoms with E-state index in [9.17, 15) is 18.3 Å². The Hall–Kier alpha value is -1.31. The van der Waals surface area contributed by atoms with Crippen LogP contribution in [0.4, 0.5) is 0 Å². The molecule has 8 heteroatoms. The van der Waals surface area contributed by atoms with Gasteiger partial charge in [-0.25, -0.2) is 12.7 Å². The lowest BCUT2D eigenvalue weighted by Gasteiger charge is -2.30. The largest absolute Gasteiger partial charge is 0.507 e. The van der Waals surface area contributed by atoms with Crippen LogP contribution in [-0.2, 0) is 10.0 Å². The maximum absolute atomic E-state index is 12.0. The second-order valence-electron chi connectivity index (χ2n) is 5.48. The first-order valence-electron chi connectivity index (χ1n) is 6.99. The Morgan fingerprint density at radius 2 is 2.05 bits per heavy atom. The summed E-state index contributed by atoms with van der Waals surface area (Å²) in [6, 6.07) is 4.30. The lowest BCUT2D eigenvalue weighted by molar-refractivity contribution is 0.0939. The Labute approximate surface area is 135 Å². The van der Waals surface area contributed by atoms with E-state index in [1.54, 1.807) is 0 Å². The number of aromatic hydroxyl groups is 1. The lowest BCUT2D eigenvalue weighted by Crippen LogP contribution is -2.41. The summed E-state index contributed by atoms with van der Waals surface area (Å²) in [5.41, 5.74) is 0.140. The van der Waals surface area contributed by atoms with Crippen LogP contribution in [0.5, 0.6) is 5.75 Å². The molecule has 2 N–H and O–H groups in total.